The van der Waals surface area contributed by atoms with E-state index in [4.69, 9.17) is 16.3 Å². The van der Waals surface area contributed by atoms with E-state index in [-0.39, 0.29) is 48.0 Å². The highest BCUT2D eigenvalue weighted by Gasteiger charge is 2.62. The summed E-state index contributed by atoms with van der Waals surface area (Å²) in [7, 11) is 0. The van der Waals surface area contributed by atoms with Gasteiger partial charge in [-0.05, 0) is 77.0 Å². The lowest BCUT2D eigenvalue weighted by Gasteiger charge is -2.20. The topological polar surface area (TPSA) is 105 Å². The molecule has 3 heterocycles. The van der Waals surface area contributed by atoms with E-state index in [2.05, 4.69) is 57.4 Å². The van der Waals surface area contributed by atoms with Gasteiger partial charge in [-0.1, -0.05) is 24.8 Å². The number of halogens is 4. The predicted octanol–water partition coefficient (Wildman–Crippen LogP) is 6.37. The molecule has 43 heavy (non-hydrogen) atoms. The lowest BCUT2D eigenvalue weighted by molar-refractivity contribution is -0.190. The third kappa shape index (κ3) is 8.99. The van der Waals surface area contributed by atoms with Crippen molar-refractivity contribution in [2.24, 2.45) is 10.4 Å². The van der Waals surface area contributed by atoms with Crippen LogP contribution in [0, 0.1) is 5.41 Å². The Labute approximate surface area is 258 Å². The summed E-state index contributed by atoms with van der Waals surface area (Å²) < 4.78 is 48.8. The minimum Gasteiger partial charge on any atom is -0.477 e. The molecule has 3 N–H and O–H groups in total. The first-order chi connectivity index (χ1) is 20.3. The van der Waals surface area contributed by atoms with E-state index in [0.717, 1.165) is 31.3 Å². The van der Waals surface area contributed by atoms with Crippen LogP contribution in [0.4, 0.5) is 13.2 Å². The van der Waals surface area contributed by atoms with Crippen molar-refractivity contribution in [1.29, 1.82) is 0 Å². The van der Waals surface area contributed by atoms with Crippen LogP contribution >= 0.6 is 23.5 Å². The fourth-order valence-corrected chi connectivity index (χ4v) is 5.66. The van der Waals surface area contributed by atoms with Gasteiger partial charge in [0.2, 0.25) is 5.88 Å². The minimum atomic E-state index is -4.22. The molecule has 2 aromatic heterocycles. The van der Waals surface area contributed by atoms with E-state index in [1.807, 2.05) is 0 Å². The van der Waals surface area contributed by atoms with Crippen molar-refractivity contribution in [1.82, 2.24) is 30.1 Å². The first-order valence-electron chi connectivity index (χ1n) is 14.1. The van der Waals surface area contributed by atoms with Crippen molar-refractivity contribution in [3.8, 4) is 11.7 Å². The average Bonchev–Trinajstić information content (AvgIpc) is 3.47. The molecule has 0 aromatic carbocycles. The Bertz CT molecular complexity index is 1360. The molecule has 2 aliphatic rings. The third-order valence-corrected chi connectivity index (χ3v) is 8.65. The number of hydrogen-bond acceptors (Lipinski definition) is 8. The van der Waals surface area contributed by atoms with E-state index in [9.17, 15) is 18.0 Å². The maximum atomic E-state index is 13.1. The number of hydrogen-bond donors (Lipinski definition) is 3. The minimum absolute atomic E-state index is 0.0577. The van der Waals surface area contributed by atoms with Gasteiger partial charge in [0.25, 0.3) is 5.91 Å². The summed E-state index contributed by atoms with van der Waals surface area (Å²) in [6.45, 7) is 12.8. The smallest absolute Gasteiger partial charge is 0.394 e. The Kier molecular flexibility index (Phi) is 10.5. The van der Waals surface area contributed by atoms with Crippen molar-refractivity contribution < 1.29 is 22.7 Å². The number of aromatic nitrogens is 3. The molecule has 1 aliphatic heterocycles. The van der Waals surface area contributed by atoms with Crippen LogP contribution in [-0.2, 0) is 0 Å². The molecule has 2 aromatic rings. The Morgan fingerprint density at radius 2 is 2.09 bits per heavy atom. The van der Waals surface area contributed by atoms with Crippen molar-refractivity contribution >= 4 is 34.5 Å². The first-order valence-corrected chi connectivity index (χ1v) is 15.3. The highest BCUT2D eigenvalue weighted by molar-refractivity contribution is 8.13. The molecular formula is C29H37ClF3N7O2S. The molecule has 234 valence electrons. The van der Waals surface area contributed by atoms with E-state index < -0.39 is 17.5 Å². The van der Waals surface area contributed by atoms with Crippen LogP contribution in [0.1, 0.15) is 69.2 Å². The van der Waals surface area contributed by atoms with Gasteiger partial charge in [-0.15, -0.1) is 5.10 Å². The second kappa shape index (κ2) is 13.7. The summed E-state index contributed by atoms with van der Waals surface area (Å²) in [5.74, 6) is 0.449. The van der Waals surface area contributed by atoms with Crippen LogP contribution in [0.2, 0.25) is 5.15 Å². The summed E-state index contributed by atoms with van der Waals surface area (Å²) in [5.41, 5.74) is -1.29. The van der Waals surface area contributed by atoms with Gasteiger partial charge < -0.3 is 15.4 Å². The fourth-order valence-electron chi connectivity index (χ4n) is 4.88. The average molecular weight is 640 g/mol. The SMILES string of the molecule is C=C/C(=N\C(=C)NCCCC1CCC(C)(C)N1)SNC(=O)c1ccc(-n2ccc(OCCC3(C(F)(F)F)CC3)n2)nc1Cl. The maximum Gasteiger partial charge on any atom is 0.394 e. The van der Waals surface area contributed by atoms with Gasteiger partial charge in [0.15, 0.2) is 5.82 Å². The van der Waals surface area contributed by atoms with E-state index in [0.29, 0.717) is 22.7 Å². The number of carbonyl (C=O) groups is 1. The van der Waals surface area contributed by atoms with Crippen LogP contribution in [0.3, 0.4) is 0 Å². The zero-order valence-corrected chi connectivity index (χ0v) is 25.8. The number of aliphatic imine (C=N–C) groups is 1. The van der Waals surface area contributed by atoms with Crippen molar-refractivity contribution in [2.75, 3.05) is 13.2 Å². The number of alkyl halides is 3. The van der Waals surface area contributed by atoms with Gasteiger partial charge in [-0.25, -0.2) is 14.7 Å². The molecule has 1 atom stereocenters. The largest absolute Gasteiger partial charge is 0.477 e. The quantitative estimate of drug-likeness (QED) is 0.0769. The maximum absolute atomic E-state index is 13.1. The molecule has 1 saturated heterocycles. The lowest BCUT2D eigenvalue weighted by atomic mass is 10.0. The molecule has 2 fully saturated rings. The zero-order valence-electron chi connectivity index (χ0n) is 24.3. The molecule has 14 heteroatoms. The molecule has 0 spiro atoms. The number of rotatable bonds is 13. The van der Waals surface area contributed by atoms with Gasteiger partial charge in [0, 0.05) is 42.3 Å². The summed E-state index contributed by atoms with van der Waals surface area (Å²) >= 11 is 7.26. The lowest BCUT2D eigenvalue weighted by Crippen LogP contribution is -2.37. The number of carbonyl (C=O) groups excluding carboxylic acids is 1. The summed E-state index contributed by atoms with van der Waals surface area (Å²) in [6.07, 6.45) is 3.38. The summed E-state index contributed by atoms with van der Waals surface area (Å²) in [5, 5.41) is 11.4. The molecular weight excluding hydrogens is 603 g/mol. The standard InChI is InChI=1S/C29H37ClF3N7O2S/c1-5-24(35-19(2)34-16-6-7-20-10-12-27(3,4)37-20)43-39-26(41)21-8-9-22(36-25(21)30)40-17-11-23(38-40)42-18-15-28(13-14-28)29(31,32)33/h5,8-9,11,17,20,34,37H,1-2,6-7,10,12-16,18H2,3-4H3,(H,39,41)/b35-24+. The highest BCUT2D eigenvalue weighted by atomic mass is 35.5. The van der Waals surface area contributed by atoms with Crippen LogP contribution in [0.25, 0.3) is 5.82 Å². The van der Waals surface area contributed by atoms with Crippen LogP contribution in [0.15, 0.2) is 54.4 Å². The number of pyridine rings is 1. The molecule has 1 unspecified atom stereocenters. The number of nitrogens with one attached hydrogen (secondary N) is 3. The Morgan fingerprint density at radius 1 is 1.33 bits per heavy atom. The van der Waals surface area contributed by atoms with Crippen molar-refractivity contribution in [3.05, 3.63) is 60.2 Å². The normalized spacial score (nSPS) is 19.1. The van der Waals surface area contributed by atoms with Crippen molar-refractivity contribution in [3.63, 3.8) is 0 Å². The predicted molar refractivity (Wildman–Crippen MR) is 164 cm³/mol. The van der Waals surface area contributed by atoms with Gasteiger partial charge in [0.05, 0.1) is 17.6 Å². The van der Waals surface area contributed by atoms with E-state index >= 15 is 0 Å². The van der Waals surface area contributed by atoms with Crippen LogP contribution < -0.4 is 20.1 Å². The Morgan fingerprint density at radius 3 is 2.72 bits per heavy atom. The van der Waals surface area contributed by atoms with E-state index in [1.54, 1.807) is 12.3 Å². The second-order valence-electron chi connectivity index (χ2n) is 11.4. The fraction of sp³-hybridized carbons (Fsp3) is 0.517. The molecule has 0 bridgehead atoms. The first kappa shape index (κ1) is 32.9. The third-order valence-electron chi connectivity index (χ3n) is 7.60. The number of amides is 1. The van der Waals surface area contributed by atoms with Crippen molar-refractivity contribution in [2.45, 2.75) is 76.6 Å². The Balaban J connectivity index is 1.22. The van der Waals surface area contributed by atoms with Gasteiger partial charge in [-0.2, -0.15) is 13.2 Å². The molecule has 9 nitrogen and oxygen atoms in total. The molecule has 1 saturated carbocycles. The van der Waals surface area contributed by atoms with Gasteiger partial charge in [0.1, 0.15) is 16.0 Å². The second-order valence-corrected chi connectivity index (χ2v) is 12.6. The number of nitrogens with zero attached hydrogens (tertiary/aromatic N) is 4. The molecule has 1 amide bonds. The van der Waals surface area contributed by atoms with E-state index in [1.165, 1.54) is 35.7 Å². The monoisotopic (exact) mass is 639 g/mol. The van der Waals surface area contributed by atoms with Gasteiger partial charge >= 0.3 is 6.18 Å². The summed E-state index contributed by atoms with van der Waals surface area (Å²) in [6, 6.07) is 5.09. The molecule has 4 rings (SSSR count). The Hall–Kier alpha value is -3.03. The molecule has 0 radical (unpaired) electrons. The highest BCUT2D eigenvalue weighted by Crippen LogP contribution is 2.59. The van der Waals surface area contributed by atoms with Gasteiger partial charge in [-0.3, -0.25) is 9.52 Å². The van der Waals surface area contributed by atoms with Crippen LogP contribution in [0.5, 0.6) is 5.88 Å². The molecule has 1 aliphatic carbocycles. The summed E-state index contributed by atoms with van der Waals surface area (Å²) in [4.78, 5) is 21.4. The van der Waals surface area contributed by atoms with Crippen LogP contribution in [-0.4, -0.2) is 56.6 Å². The number of ether oxygens (including phenoxy) is 1. The zero-order chi connectivity index (χ0) is 31.3.